The van der Waals surface area contributed by atoms with Crippen molar-refractivity contribution < 1.29 is 47.8 Å². The lowest BCUT2D eigenvalue weighted by Gasteiger charge is -2.18. The van der Waals surface area contributed by atoms with Crippen LogP contribution in [0, 0.1) is 11.8 Å². The molecular formula is C45H75O10P. The minimum absolute atomic E-state index is 0.0264. The Hall–Kier alpha value is -2.62. The van der Waals surface area contributed by atoms with Gasteiger partial charge in [0, 0.05) is 18.8 Å². The zero-order valence-electron chi connectivity index (χ0n) is 34.6. The van der Waals surface area contributed by atoms with Gasteiger partial charge >= 0.3 is 19.8 Å². The lowest BCUT2D eigenvalue weighted by molar-refractivity contribution is -0.161. The molecular weight excluding hydrogens is 731 g/mol. The van der Waals surface area contributed by atoms with Crippen LogP contribution >= 0.6 is 7.82 Å². The number of ether oxygens (including phenoxy) is 2. The zero-order chi connectivity index (χ0) is 41.1. The van der Waals surface area contributed by atoms with Crippen LogP contribution in [0.2, 0.25) is 0 Å². The highest BCUT2D eigenvalue weighted by Crippen LogP contribution is 2.36. The summed E-state index contributed by atoms with van der Waals surface area (Å²) in [6.45, 7) is 3.39. The second-order valence-electron chi connectivity index (χ2n) is 15.0. The minimum atomic E-state index is -4.81. The van der Waals surface area contributed by atoms with Gasteiger partial charge in [-0.05, 0) is 76.2 Å². The standard InChI is InChI=1S/C45H75O10P/c1-3-5-7-8-9-10-11-12-13-14-15-16-17-18-19-20-21-22-28-32-45(49)55-41(38-54-56(50,51)52)37-53-44(48)31-27-24-23-26-29-39-33-36-43(47)42(39)35-34-40(46)30-25-6-4-2/h9-10,12-13,23,26,33-36,39-42,46H,3-8,11,14-22,24-25,27-32,37-38H2,1-2H3,(H2,50,51,52)/b10-9-,13-12-,26-23-,35-34+/t39-,40-,41+,42+/m0/s1. The number of esters is 2. The van der Waals surface area contributed by atoms with E-state index in [1.165, 1.54) is 57.8 Å². The summed E-state index contributed by atoms with van der Waals surface area (Å²) < 4.78 is 26.4. The number of hydrogen-bond donors (Lipinski definition) is 3. The van der Waals surface area contributed by atoms with Gasteiger partial charge in [-0.15, -0.1) is 0 Å². The van der Waals surface area contributed by atoms with E-state index in [9.17, 15) is 24.1 Å². The predicted molar refractivity (Wildman–Crippen MR) is 225 cm³/mol. The number of unbranched alkanes of at least 4 members (excludes halogenated alkanes) is 15. The lowest BCUT2D eigenvalue weighted by Crippen LogP contribution is -2.29. The monoisotopic (exact) mass is 807 g/mol. The summed E-state index contributed by atoms with van der Waals surface area (Å²) in [6, 6.07) is 0. The molecule has 1 aliphatic rings. The molecule has 10 nitrogen and oxygen atoms in total. The van der Waals surface area contributed by atoms with Crippen molar-refractivity contribution in [2.24, 2.45) is 11.8 Å². The normalized spacial score (nSPS) is 17.3. The Labute approximate surface area is 338 Å². The highest BCUT2D eigenvalue weighted by Gasteiger charge is 2.27. The molecule has 0 saturated carbocycles. The van der Waals surface area contributed by atoms with E-state index in [1.807, 2.05) is 24.3 Å². The lowest BCUT2D eigenvalue weighted by atomic mass is 9.90. The predicted octanol–water partition coefficient (Wildman–Crippen LogP) is 10.9. The average molecular weight is 807 g/mol. The summed E-state index contributed by atoms with van der Waals surface area (Å²) in [5.74, 6) is -1.26. The second kappa shape index (κ2) is 34.4. The molecule has 0 aromatic rings. The van der Waals surface area contributed by atoms with Gasteiger partial charge < -0.3 is 24.4 Å². The summed E-state index contributed by atoms with van der Waals surface area (Å²) in [6.07, 6.45) is 41.4. The van der Waals surface area contributed by atoms with E-state index < -0.39 is 38.6 Å². The molecule has 0 heterocycles. The van der Waals surface area contributed by atoms with Gasteiger partial charge in [-0.1, -0.05) is 146 Å². The number of aliphatic hydroxyl groups excluding tert-OH is 1. The van der Waals surface area contributed by atoms with Crippen molar-refractivity contribution in [2.45, 2.75) is 180 Å². The zero-order valence-corrected chi connectivity index (χ0v) is 35.5. The van der Waals surface area contributed by atoms with Crippen molar-refractivity contribution in [1.82, 2.24) is 0 Å². The summed E-state index contributed by atoms with van der Waals surface area (Å²) in [5, 5.41) is 10.2. The highest BCUT2D eigenvalue weighted by atomic mass is 31.2. The quantitative estimate of drug-likeness (QED) is 0.0241. The molecule has 0 aliphatic heterocycles. The fourth-order valence-corrected chi connectivity index (χ4v) is 6.75. The molecule has 0 aromatic heterocycles. The Bertz CT molecular complexity index is 1230. The van der Waals surface area contributed by atoms with Gasteiger partial charge in [0.05, 0.1) is 12.7 Å². The number of aliphatic hydroxyl groups is 1. The topological polar surface area (TPSA) is 157 Å². The third kappa shape index (κ3) is 30.5. The maximum Gasteiger partial charge on any atom is 0.469 e. The summed E-state index contributed by atoms with van der Waals surface area (Å²) in [4.78, 5) is 55.4. The van der Waals surface area contributed by atoms with Crippen LogP contribution in [0.5, 0.6) is 0 Å². The Morgan fingerprint density at radius 2 is 1.30 bits per heavy atom. The van der Waals surface area contributed by atoms with Crippen LogP contribution < -0.4 is 0 Å². The first kappa shape index (κ1) is 51.4. The van der Waals surface area contributed by atoms with Gasteiger partial charge in [-0.3, -0.25) is 18.9 Å². The fourth-order valence-electron chi connectivity index (χ4n) is 6.39. The Balaban J connectivity index is 2.22. The van der Waals surface area contributed by atoms with E-state index in [-0.39, 0.29) is 37.1 Å². The first-order valence-corrected chi connectivity index (χ1v) is 23.2. The molecule has 0 saturated heterocycles. The molecule has 1 aliphatic carbocycles. The fraction of sp³-hybridized carbons (Fsp3) is 0.711. The van der Waals surface area contributed by atoms with Gasteiger partial charge in [0.2, 0.25) is 0 Å². The van der Waals surface area contributed by atoms with Crippen LogP contribution in [0.1, 0.15) is 168 Å². The molecule has 0 fully saturated rings. The average Bonchev–Trinajstić information content (AvgIpc) is 3.52. The number of ketones is 1. The molecule has 3 N–H and O–H groups in total. The molecule has 11 heteroatoms. The SMILES string of the molecule is CCCCC/C=C\C/C=C\CCCCCCCCCCCC(=O)O[C@H](COC(=O)CCC/C=C\C[C@H]1C=CC(=O)[C@@H]1/C=C/[C@@H](O)CCCCC)COP(=O)(O)O. The molecule has 0 aromatic carbocycles. The molecule has 4 atom stereocenters. The molecule has 0 unspecified atom stereocenters. The van der Waals surface area contributed by atoms with Gasteiger partial charge in [-0.25, -0.2) is 4.57 Å². The third-order valence-electron chi connectivity index (χ3n) is 9.76. The van der Waals surface area contributed by atoms with Gasteiger partial charge in [-0.2, -0.15) is 0 Å². The Morgan fingerprint density at radius 1 is 0.732 bits per heavy atom. The smallest absolute Gasteiger partial charge is 0.462 e. The number of carbonyl (C=O) groups is 3. The molecule has 0 bridgehead atoms. The number of phosphoric ester groups is 1. The molecule has 0 spiro atoms. The van der Waals surface area contributed by atoms with Crippen molar-refractivity contribution in [3.63, 3.8) is 0 Å². The maximum atomic E-state index is 12.5. The van der Waals surface area contributed by atoms with Crippen LogP contribution in [-0.4, -0.2) is 58.0 Å². The third-order valence-corrected chi connectivity index (χ3v) is 10.2. The van der Waals surface area contributed by atoms with E-state index in [0.29, 0.717) is 32.1 Å². The van der Waals surface area contributed by atoms with Gasteiger partial charge in [0.1, 0.15) is 6.61 Å². The van der Waals surface area contributed by atoms with Crippen molar-refractivity contribution in [2.75, 3.05) is 13.2 Å². The van der Waals surface area contributed by atoms with E-state index in [4.69, 9.17) is 19.3 Å². The molecule has 0 radical (unpaired) electrons. The first-order chi connectivity index (χ1) is 27.1. The summed E-state index contributed by atoms with van der Waals surface area (Å²) >= 11 is 0. The van der Waals surface area contributed by atoms with Crippen LogP contribution in [0.25, 0.3) is 0 Å². The Kier molecular flexibility index (Phi) is 31.6. The summed E-state index contributed by atoms with van der Waals surface area (Å²) in [7, 11) is -4.81. The van der Waals surface area contributed by atoms with Crippen LogP contribution in [-0.2, 0) is 32.9 Å². The number of carbonyl (C=O) groups excluding carboxylic acids is 3. The maximum absolute atomic E-state index is 12.5. The Morgan fingerprint density at radius 3 is 1.96 bits per heavy atom. The number of rotatable bonds is 36. The first-order valence-electron chi connectivity index (χ1n) is 21.6. The van der Waals surface area contributed by atoms with Crippen molar-refractivity contribution in [1.29, 1.82) is 0 Å². The van der Waals surface area contributed by atoms with E-state index in [1.54, 1.807) is 12.2 Å². The van der Waals surface area contributed by atoms with E-state index in [2.05, 4.69) is 42.7 Å². The van der Waals surface area contributed by atoms with Crippen molar-refractivity contribution in [3.05, 3.63) is 60.8 Å². The second-order valence-corrected chi connectivity index (χ2v) is 16.2. The van der Waals surface area contributed by atoms with Crippen LogP contribution in [0.3, 0.4) is 0 Å². The van der Waals surface area contributed by atoms with E-state index >= 15 is 0 Å². The number of phosphoric acid groups is 1. The molecule has 320 valence electrons. The molecule has 1 rings (SSSR count). The number of allylic oxidation sites excluding steroid dienone is 9. The molecule has 56 heavy (non-hydrogen) atoms. The number of hydrogen-bond acceptors (Lipinski definition) is 8. The van der Waals surface area contributed by atoms with Crippen molar-refractivity contribution >= 4 is 25.5 Å². The van der Waals surface area contributed by atoms with E-state index in [0.717, 1.165) is 51.4 Å². The van der Waals surface area contributed by atoms with Crippen molar-refractivity contribution in [3.8, 4) is 0 Å². The largest absolute Gasteiger partial charge is 0.469 e. The minimum Gasteiger partial charge on any atom is -0.462 e. The molecule has 0 amide bonds. The summed E-state index contributed by atoms with van der Waals surface area (Å²) in [5.41, 5.74) is 0. The van der Waals surface area contributed by atoms with Crippen LogP contribution in [0.15, 0.2) is 60.8 Å². The van der Waals surface area contributed by atoms with Gasteiger partial charge in [0.25, 0.3) is 0 Å². The highest BCUT2D eigenvalue weighted by molar-refractivity contribution is 7.46. The van der Waals surface area contributed by atoms with Crippen LogP contribution in [0.4, 0.5) is 0 Å². The van der Waals surface area contributed by atoms with Gasteiger partial charge in [0.15, 0.2) is 11.9 Å².